The largest absolute Gasteiger partial charge is 0.383 e. The van der Waals surface area contributed by atoms with Crippen molar-refractivity contribution < 1.29 is 4.90 Å². The van der Waals surface area contributed by atoms with E-state index in [-0.39, 0.29) is 0 Å². The van der Waals surface area contributed by atoms with Gasteiger partial charge in [-0.15, -0.1) is 17.9 Å². The molecule has 3 heterocycles. The van der Waals surface area contributed by atoms with Gasteiger partial charge in [-0.25, -0.2) is 9.97 Å². The maximum absolute atomic E-state index is 6.27. The second-order valence-corrected chi connectivity index (χ2v) is 8.33. The molecule has 1 aromatic carbocycles. The van der Waals surface area contributed by atoms with E-state index in [1.165, 1.54) is 16.0 Å². The van der Waals surface area contributed by atoms with Crippen LogP contribution in [0.2, 0.25) is 0 Å². The summed E-state index contributed by atoms with van der Waals surface area (Å²) >= 11 is 3.36. The second kappa shape index (κ2) is 7.15. The number of hydrogen-bond acceptors (Lipinski definition) is 5. The normalized spacial score (nSPS) is 16.7. The third kappa shape index (κ3) is 3.42. The average Bonchev–Trinajstić information content (AvgIpc) is 2.98. The lowest BCUT2D eigenvalue weighted by atomic mass is 10.0. The Morgan fingerprint density at radius 2 is 2.12 bits per heavy atom. The molecule has 3 aromatic rings. The number of aromatic nitrogens is 2. The number of thiophene rings is 1. The van der Waals surface area contributed by atoms with E-state index < -0.39 is 0 Å². The Balaban J connectivity index is 1.61. The fourth-order valence-electron chi connectivity index (χ4n) is 3.37. The van der Waals surface area contributed by atoms with Crippen LogP contribution < -0.4 is 10.6 Å². The van der Waals surface area contributed by atoms with Crippen LogP contribution in [-0.4, -0.2) is 22.3 Å². The average molecular weight is 370 g/mol. The fraction of sp³-hybridized carbons (Fsp3) is 0.263. The van der Waals surface area contributed by atoms with Crippen LogP contribution >= 0.6 is 23.1 Å². The van der Waals surface area contributed by atoms with E-state index in [9.17, 15) is 0 Å². The molecule has 1 unspecified atom stereocenters. The van der Waals surface area contributed by atoms with Crippen molar-refractivity contribution in [2.75, 3.05) is 18.0 Å². The maximum atomic E-state index is 6.27. The highest BCUT2D eigenvalue weighted by molar-refractivity contribution is 7.99. The summed E-state index contributed by atoms with van der Waals surface area (Å²) in [5.74, 6) is 1.42. The Morgan fingerprint density at radius 1 is 1.28 bits per heavy atom. The lowest BCUT2D eigenvalue weighted by molar-refractivity contribution is -0.929. The number of benzene rings is 1. The molecular formula is C19H21N4S2+. The molecule has 0 saturated carbocycles. The van der Waals surface area contributed by atoms with Gasteiger partial charge in [-0.2, -0.15) is 0 Å². The van der Waals surface area contributed by atoms with Crippen LogP contribution in [0.4, 0.5) is 5.82 Å². The van der Waals surface area contributed by atoms with Crippen LogP contribution in [0.1, 0.15) is 16.0 Å². The van der Waals surface area contributed by atoms with Crippen LogP contribution in [0.5, 0.6) is 0 Å². The molecule has 1 aliphatic rings. The van der Waals surface area contributed by atoms with Gasteiger partial charge in [-0.1, -0.05) is 48.2 Å². The van der Waals surface area contributed by atoms with Gasteiger partial charge < -0.3 is 10.6 Å². The van der Waals surface area contributed by atoms with Crippen LogP contribution in [-0.2, 0) is 19.5 Å². The predicted molar refractivity (Wildman–Crippen MR) is 106 cm³/mol. The number of nitrogens with zero attached hydrogens (tertiary/aromatic N) is 2. The van der Waals surface area contributed by atoms with Crippen molar-refractivity contribution in [3.05, 3.63) is 59.0 Å². The number of nitrogen functional groups attached to an aromatic ring is 1. The molecule has 0 radical (unpaired) electrons. The second-order valence-electron chi connectivity index (χ2n) is 6.26. The predicted octanol–water partition coefficient (Wildman–Crippen LogP) is 2.69. The van der Waals surface area contributed by atoms with Crippen molar-refractivity contribution >= 4 is 39.1 Å². The highest BCUT2D eigenvalue weighted by atomic mass is 32.2. The molecule has 4 nitrogen and oxygen atoms in total. The molecule has 0 amide bonds. The zero-order valence-corrected chi connectivity index (χ0v) is 15.6. The summed E-state index contributed by atoms with van der Waals surface area (Å²) in [7, 11) is 0. The molecule has 0 aliphatic carbocycles. The van der Waals surface area contributed by atoms with Gasteiger partial charge in [0, 0.05) is 17.7 Å². The van der Waals surface area contributed by atoms with Gasteiger partial charge in [0.2, 0.25) is 0 Å². The first-order chi connectivity index (χ1) is 12.2. The number of rotatable bonds is 5. The highest BCUT2D eigenvalue weighted by Crippen LogP contribution is 2.35. The molecule has 4 rings (SSSR count). The molecule has 128 valence electrons. The van der Waals surface area contributed by atoms with Gasteiger partial charge in [0.1, 0.15) is 23.7 Å². The topological polar surface area (TPSA) is 56.2 Å². The van der Waals surface area contributed by atoms with E-state index in [2.05, 4.69) is 41.9 Å². The van der Waals surface area contributed by atoms with E-state index >= 15 is 0 Å². The molecule has 1 atom stereocenters. The first kappa shape index (κ1) is 16.6. The van der Waals surface area contributed by atoms with Crippen LogP contribution in [0.15, 0.2) is 48.1 Å². The molecule has 6 heteroatoms. The Kier molecular flexibility index (Phi) is 4.74. The van der Waals surface area contributed by atoms with E-state index in [1.807, 2.05) is 6.08 Å². The van der Waals surface area contributed by atoms with Gasteiger partial charge in [0.05, 0.1) is 16.8 Å². The van der Waals surface area contributed by atoms with Gasteiger partial charge in [-0.3, -0.25) is 0 Å². The summed E-state index contributed by atoms with van der Waals surface area (Å²) < 4.78 is 0. The fourth-order valence-corrected chi connectivity index (χ4v) is 5.31. The minimum Gasteiger partial charge on any atom is -0.383 e. The van der Waals surface area contributed by atoms with Crippen molar-refractivity contribution in [1.82, 2.24) is 9.97 Å². The minimum absolute atomic E-state index is 0.626. The number of quaternary nitrogens is 1. The maximum Gasteiger partial charge on any atom is 0.191 e. The van der Waals surface area contributed by atoms with Crippen LogP contribution in [0.25, 0.3) is 10.2 Å². The summed E-state index contributed by atoms with van der Waals surface area (Å²) in [6.45, 7) is 6.98. The quantitative estimate of drug-likeness (QED) is 0.412. The van der Waals surface area contributed by atoms with Crippen LogP contribution in [0, 0.1) is 0 Å². The number of thioether (sulfide) groups is 1. The van der Waals surface area contributed by atoms with Gasteiger partial charge in [-0.05, 0) is 5.56 Å². The van der Waals surface area contributed by atoms with E-state index in [0.717, 1.165) is 47.2 Å². The van der Waals surface area contributed by atoms with Crippen molar-refractivity contribution in [3.8, 4) is 0 Å². The number of nitrogens with one attached hydrogen (secondary N) is 1. The monoisotopic (exact) mass is 369 g/mol. The zero-order valence-electron chi connectivity index (χ0n) is 14.0. The lowest BCUT2D eigenvalue weighted by Gasteiger charge is -2.24. The van der Waals surface area contributed by atoms with Gasteiger partial charge in [0.25, 0.3) is 0 Å². The van der Waals surface area contributed by atoms with E-state index in [4.69, 9.17) is 10.7 Å². The van der Waals surface area contributed by atoms with Crippen LogP contribution in [0.3, 0.4) is 0 Å². The summed E-state index contributed by atoms with van der Waals surface area (Å²) in [5, 5.41) is 1.83. The van der Waals surface area contributed by atoms with E-state index in [0.29, 0.717) is 5.82 Å². The summed E-state index contributed by atoms with van der Waals surface area (Å²) in [6.07, 6.45) is 2.91. The molecule has 0 fully saturated rings. The van der Waals surface area contributed by atoms with Crippen molar-refractivity contribution in [1.29, 1.82) is 0 Å². The van der Waals surface area contributed by atoms with Gasteiger partial charge in [0.15, 0.2) is 5.16 Å². The highest BCUT2D eigenvalue weighted by Gasteiger charge is 2.26. The smallest absolute Gasteiger partial charge is 0.191 e. The standard InChI is InChI=1S/C19H20N4S2/c1-2-10-24-19-21-17(20)16-14-8-9-23(11-13-6-4-3-5-7-13)12-15(14)25-18(16)22-19/h2-7H,1,8-12H2,(H2,20,21,22)/p+1. The van der Waals surface area contributed by atoms with E-state index in [1.54, 1.807) is 28.0 Å². The molecule has 1 aliphatic heterocycles. The molecule has 0 bridgehead atoms. The third-order valence-corrected chi connectivity index (χ3v) is 6.48. The minimum atomic E-state index is 0.626. The number of anilines is 1. The Morgan fingerprint density at radius 3 is 2.92 bits per heavy atom. The van der Waals surface area contributed by atoms with Gasteiger partial charge >= 0.3 is 0 Å². The SMILES string of the molecule is C=CCSc1nc(N)c2c3c(sc2n1)C[NH+](Cc1ccccc1)CC3. The zero-order chi connectivity index (χ0) is 17.2. The molecular weight excluding hydrogens is 348 g/mol. The number of nitrogens with two attached hydrogens (primary N) is 1. The molecule has 0 spiro atoms. The Hall–Kier alpha value is -1.89. The Labute approximate surface area is 155 Å². The van der Waals surface area contributed by atoms with Crippen molar-refractivity contribution in [3.63, 3.8) is 0 Å². The third-order valence-electron chi connectivity index (χ3n) is 4.51. The molecule has 3 N–H and O–H groups in total. The number of hydrogen-bond donors (Lipinski definition) is 2. The van der Waals surface area contributed by atoms with Crippen molar-refractivity contribution in [2.24, 2.45) is 0 Å². The summed E-state index contributed by atoms with van der Waals surface area (Å²) in [5.41, 5.74) is 9.03. The van der Waals surface area contributed by atoms with Crippen molar-refractivity contribution in [2.45, 2.75) is 24.7 Å². The summed E-state index contributed by atoms with van der Waals surface area (Å²) in [4.78, 5) is 13.3. The number of fused-ring (bicyclic) bond motifs is 3. The first-order valence-corrected chi connectivity index (χ1v) is 10.2. The molecule has 25 heavy (non-hydrogen) atoms. The first-order valence-electron chi connectivity index (χ1n) is 8.43. The summed E-state index contributed by atoms with van der Waals surface area (Å²) in [6, 6.07) is 10.7. The molecule has 0 saturated heterocycles. The molecule has 2 aromatic heterocycles. The lowest BCUT2D eigenvalue weighted by Crippen LogP contribution is -3.10. The Bertz CT molecular complexity index is 905.